The number of benzene rings is 4. The summed E-state index contributed by atoms with van der Waals surface area (Å²) in [6, 6.07) is 23.1. The van der Waals surface area contributed by atoms with Gasteiger partial charge in [-0.25, -0.2) is 0 Å². The van der Waals surface area contributed by atoms with Gasteiger partial charge in [0.05, 0.1) is 12.2 Å². The lowest BCUT2D eigenvalue weighted by Crippen LogP contribution is -2.18. The molecule has 0 saturated carbocycles. The Morgan fingerprint density at radius 2 is 1.36 bits per heavy atom. The van der Waals surface area contributed by atoms with Gasteiger partial charge >= 0.3 is 0 Å². The standard InChI is InChI=1S/C37H34O7/c1-2-38-22-41-34-14-9-25-8-13-32(42-29-10-5-24-7-12-31(18-28(24)17-29)44-36-21-40-36)19-33(25)37(34)26-4-3-23-6-11-30(16-27(23)15-26)43-35-20-39-35/h3-15,17,19,30-31,35-36H,2,16,18,20-22H2,1H3. The van der Waals surface area contributed by atoms with Gasteiger partial charge in [-0.3, -0.25) is 0 Å². The quantitative estimate of drug-likeness (QED) is 0.103. The highest BCUT2D eigenvalue weighted by molar-refractivity contribution is 6.00. The van der Waals surface area contributed by atoms with Crippen LogP contribution in [0, 0.1) is 0 Å². The predicted octanol–water partition coefficient (Wildman–Crippen LogP) is 7.29. The molecule has 8 rings (SSSR count). The molecule has 0 bridgehead atoms. The number of rotatable bonds is 11. The fourth-order valence-electron chi connectivity index (χ4n) is 5.97. The van der Waals surface area contributed by atoms with E-state index in [9.17, 15) is 0 Å². The van der Waals surface area contributed by atoms with Crippen LogP contribution in [0.2, 0.25) is 0 Å². The van der Waals surface area contributed by atoms with Crippen molar-refractivity contribution < 1.29 is 33.2 Å². The summed E-state index contributed by atoms with van der Waals surface area (Å²) in [5.41, 5.74) is 6.89. The van der Waals surface area contributed by atoms with Crippen LogP contribution in [-0.2, 0) is 36.5 Å². The van der Waals surface area contributed by atoms with Gasteiger partial charge in [-0.1, -0.05) is 60.7 Å². The van der Waals surface area contributed by atoms with Crippen LogP contribution in [0.25, 0.3) is 34.1 Å². The fraction of sp³-hybridized carbons (Fsp3) is 0.297. The lowest BCUT2D eigenvalue weighted by Gasteiger charge is -2.21. The molecule has 2 aliphatic heterocycles. The monoisotopic (exact) mass is 590 g/mol. The smallest absolute Gasteiger partial charge is 0.189 e. The molecule has 7 heteroatoms. The maximum atomic E-state index is 6.47. The molecule has 0 radical (unpaired) electrons. The predicted molar refractivity (Wildman–Crippen MR) is 168 cm³/mol. The lowest BCUT2D eigenvalue weighted by atomic mass is 9.90. The average Bonchev–Trinajstić information content (AvgIpc) is 3.99. The van der Waals surface area contributed by atoms with Crippen molar-refractivity contribution in [3.63, 3.8) is 0 Å². The Bertz CT molecular complexity index is 1750. The van der Waals surface area contributed by atoms with Gasteiger partial charge in [0.1, 0.15) is 30.5 Å². The minimum atomic E-state index is -0.0804. The van der Waals surface area contributed by atoms with E-state index in [2.05, 4.69) is 72.8 Å². The first-order chi connectivity index (χ1) is 21.7. The summed E-state index contributed by atoms with van der Waals surface area (Å²) in [5, 5.41) is 2.14. The van der Waals surface area contributed by atoms with Gasteiger partial charge in [0, 0.05) is 25.0 Å². The Labute approximate surface area is 256 Å². The van der Waals surface area contributed by atoms with Gasteiger partial charge in [0.25, 0.3) is 0 Å². The van der Waals surface area contributed by atoms with Crippen molar-refractivity contribution in [2.45, 2.75) is 44.6 Å². The largest absolute Gasteiger partial charge is 0.467 e. The minimum Gasteiger partial charge on any atom is -0.467 e. The van der Waals surface area contributed by atoms with Crippen LogP contribution >= 0.6 is 0 Å². The molecule has 4 aromatic carbocycles. The van der Waals surface area contributed by atoms with E-state index in [-0.39, 0.29) is 31.6 Å². The first-order valence-electron chi connectivity index (χ1n) is 15.3. The number of hydrogen-bond acceptors (Lipinski definition) is 7. The third-order valence-electron chi connectivity index (χ3n) is 8.32. The Kier molecular flexibility index (Phi) is 7.42. The molecule has 2 heterocycles. The molecule has 0 N–H and O–H groups in total. The number of fused-ring (bicyclic) bond motifs is 3. The highest BCUT2D eigenvalue weighted by atomic mass is 16.8. The minimum absolute atomic E-state index is 0.00225. The first kappa shape index (κ1) is 27.6. The Morgan fingerprint density at radius 1 is 0.727 bits per heavy atom. The maximum absolute atomic E-state index is 6.47. The van der Waals surface area contributed by atoms with Crippen molar-refractivity contribution in [2.24, 2.45) is 0 Å². The molecular formula is C37H34O7. The molecule has 2 aliphatic carbocycles. The summed E-state index contributed by atoms with van der Waals surface area (Å²) in [7, 11) is 0. The maximum Gasteiger partial charge on any atom is 0.189 e. The van der Waals surface area contributed by atoms with E-state index in [0.717, 1.165) is 52.0 Å². The van der Waals surface area contributed by atoms with Crippen LogP contribution in [0.4, 0.5) is 0 Å². The van der Waals surface area contributed by atoms with Crippen molar-refractivity contribution in [2.75, 3.05) is 26.6 Å². The molecule has 4 aromatic rings. The van der Waals surface area contributed by atoms with E-state index in [1.165, 1.54) is 22.3 Å². The summed E-state index contributed by atoms with van der Waals surface area (Å²) in [4.78, 5) is 0. The molecule has 2 fully saturated rings. The second-order valence-electron chi connectivity index (χ2n) is 11.5. The van der Waals surface area contributed by atoms with E-state index in [1.807, 2.05) is 25.1 Å². The van der Waals surface area contributed by atoms with E-state index < -0.39 is 0 Å². The molecule has 4 unspecified atom stereocenters. The van der Waals surface area contributed by atoms with Crippen molar-refractivity contribution in [3.8, 4) is 28.4 Å². The zero-order valence-electron chi connectivity index (χ0n) is 24.6. The summed E-state index contributed by atoms with van der Waals surface area (Å²) in [6.45, 7) is 4.07. The number of hydrogen-bond donors (Lipinski definition) is 0. The molecule has 2 saturated heterocycles. The second-order valence-corrected chi connectivity index (χ2v) is 11.5. The summed E-state index contributed by atoms with van der Waals surface area (Å²) in [5.74, 6) is 2.31. The SMILES string of the molecule is CCOCOc1ccc2ccc(Oc3ccc4c(c3)CC(OC3CO3)C=C4)cc2c1-c1ccc2c(c1)CC(OC1CO1)C=C2. The first-order valence-corrected chi connectivity index (χ1v) is 15.3. The Morgan fingerprint density at radius 3 is 2.07 bits per heavy atom. The van der Waals surface area contributed by atoms with Crippen LogP contribution < -0.4 is 9.47 Å². The molecule has 7 nitrogen and oxygen atoms in total. The van der Waals surface area contributed by atoms with Crippen molar-refractivity contribution in [1.29, 1.82) is 0 Å². The van der Waals surface area contributed by atoms with Crippen molar-refractivity contribution >= 4 is 22.9 Å². The average molecular weight is 591 g/mol. The molecule has 4 aliphatic rings. The summed E-state index contributed by atoms with van der Waals surface area (Å²) >= 11 is 0. The second kappa shape index (κ2) is 11.8. The highest BCUT2D eigenvalue weighted by Gasteiger charge is 2.29. The molecular weight excluding hydrogens is 556 g/mol. The third kappa shape index (κ3) is 6.02. The number of ether oxygens (including phenoxy) is 7. The molecule has 224 valence electrons. The topological polar surface area (TPSA) is 71.2 Å². The van der Waals surface area contributed by atoms with Gasteiger partial charge in [0.2, 0.25) is 0 Å². The Balaban J connectivity index is 1.12. The zero-order chi connectivity index (χ0) is 29.5. The molecule has 4 atom stereocenters. The van der Waals surface area contributed by atoms with E-state index >= 15 is 0 Å². The van der Waals surface area contributed by atoms with Crippen LogP contribution in [0.1, 0.15) is 29.2 Å². The molecule has 0 amide bonds. The fourth-order valence-corrected chi connectivity index (χ4v) is 5.97. The molecule has 0 spiro atoms. The third-order valence-corrected chi connectivity index (χ3v) is 8.32. The van der Waals surface area contributed by atoms with Gasteiger partial charge in [0.15, 0.2) is 19.4 Å². The Hall–Kier alpha value is -3.98. The molecule has 44 heavy (non-hydrogen) atoms. The van der Waals surface area contributed by atoms with E-state index in [0.29, 0.717) is 19.8 Å². The van der Waals surface area contributed by atoms with E-state index in [1.54, 1.807) is 0 Å². The van der Waals surface area contributed by atoms with Crippen LogP contribution in [0.3, 0.4) is 0 Å². The number of epoxide rings is 2. The van der Waals surface area contributed by atoms with Crippen LogP contribution in [0.5, 0.6) is 17.2 Å². The van der Waals surface area contributed by atoms with Gasteiger partial charge in [-0.15, -0.1) is 0 Å². The zero-order valence-corrected chi connectivity index (χ0v) is 24.6. The van der Waals surface area contributed by atoms with Crippen LogP contribution in [0.15, 0.2) is 78.9 Å². The van der Waals surface area contributed by atoms with Gasteiger partial charge in [-0.2, -0.15) is 0 Å². The summed E-state index contributed by atoms with van der Waals surface area (Å²) < 4.78 is 40.7. The normalized spacial score (nSPS) is 22.8. The lowest BCUT2D eigenvalue weighted by molar-refractivity contribution is 0.0130. The van der Waals surface area contributed by atoms with Crippen molar-refractivity contribution in [3.05, 3.63) is 101 Å². The highest BCUT2D eigenvalue weighted by Crippen LogP contribution is 2.41. The van der Waals surface area contributed by atoms with Crippen LogP contribution in [-0.4, -0.2) is 51.4 Å². The van der Waals surface area contributed by atoms with Gasteiger partial charge < -0.3 is 33.2 Å². The van der Waals surface area contributed by atoms with Crippen molar-refractivity contribution in [1.82, 2.24) is 0 Å². The van der Waals surface area contributed by atoms with Gasteiger partial charge in [-0.05, 0) is 75.8 Å². The van der Waals surface area contributed by atoms with E-state index in [4.69, 9.17) is 33.2 Å². The summed E-state index contributed by atoms with van der Waals surface area (Å²) in [6.07, 6.45) is 9.92. The molecule has 0 aromatic heterocycles.